The number of hydrogen-bond donors (Lipinski definition) is 1. The first kappa shape index (κ1) is 13.3. The minimum Gasteiger partial charge on any atom is -0.384 e. The maximum Gasteiger partial charge on any atom is 0.132 e. The van der Waals surface area contributed by atoms with Gasteiger partial charge in [-0.3, -0.25) is 0 Å². The van der Waals surface area contributed by atoms with Crippen molar-refractivity contribution in [1.82, 2.24) is 0 Å². The molecule has 1 N–H and O–H groups in total. The normalized spacial score (nSPS) is 12.5. The van der Waals surface area contributed by atoms with Gasteiger partial charge in [-0.05, 0) is 23.8 Å². The molecule has 0 spiro atoms. The zero-order valence-electron chi connectivity index (χ0n) is 9.00. The number of rotatable bonds is 2. The van der Waals surface area contributed by atoms with Crippen LogP contribution in [0.25, 0.3) is 0 Å². The summed E-state index contributed by atoms with van der Waals surface area (Å²) in [5, 5.41) is 10.6. The second kappa shape index (κ2) is 5.22. The van der Waals surface area contributed by atoms with Crippen molar-refractivity contribution in [1.29, 1.82) is 0 Å². The summed E-state index contributed by atoms with van der Waals surface area (Å²) in [6.07, 6.45) is -1.22. The predicted octanol–water partition coefficient (Wildman–Crippen LogP) is 4.35. The van der Waals surface area contributed by atoms with Gasteiger partial charge in [0.15, 0.2) is 0 Å². The number of hydrogen-bond acceptors (Lipinski definition) is 1. The van der Waals surface area contributed by atoms with E-state index in [4.69, 9.17) is 23.2 Å². The third-order valence-electron chi connectivity index (χ3n) is 2.52. The molecule has 1 nitrogen and oxygen atoms in total. The van der Waals surface area contributed by atoms with Crippen LogP contribution in [0.3, 0.4) is 0 Å². The molecule has 0 aromatic heterocycles. The number of aliphatic hydroxyl groups excluding tert-OH is 1. The average Bonchev–Trinajstić information content (AvgIpc) is 2.32. The number of aliphatic hydroxyl groups is 1. The van der Waals surface area contributed by atoms with Gasteiger partial charge in [-0.1, -0.05) is 35.3 Å². The molecule has 0 radical (unpaired) electrons. The van der Waals surface area contributed by atoms with Crippen molar-refractivity contribution in [2.24, 2.45) is 0 Å². The van der Waals surface area contributed by atoms with Gasteiger partial charge in [-0.2, -0.15) is 0 Å². The van der Waals surface area contributed by atoms with Crippen LogP contribution >= 0.6 is 23.2 Å². The van der Waals surface area contributed by atoms with Crippen LogP contribution in [0.15, 0.2) is 36.4 Å². The molecule has 0 heterocycles. The smallest absolute Gasteiger partial charge is 0.132 e. The SMILES string of the molecule is OC(c1ccc(Cl)c(Cl)c1)c1ccc(F)cc1F. The van der Waals surface area contributed by atoms with Gasteiger partial charge >= 0.3 is 0 Å². The van der Waals surface area contributed by atoms with Crippen LogP contribution in [0, 0.1) is 11.6 Å². The van der Waals surface area contributed by atoms with Crippen molar-refractivity contribution in [2.75, 3.05) is 0 Å². The van der Waals surface area contributed by atoms with Crippen LogP contribution in [-0.4, -0.2) is 5.11 Å². The standard InChI is InChI=1S/C13H8Cl2F2O/c14-10-4-1-7(5-11(10)15)13(18)9-3-2-8(16)6-12(9)17/h1-6,13,18H. The molecule has 0 bridgehead atoms. The first-order valence-electron chi connectivity index (χ1n) is 5.07. The summed E-state index contributed by atoms with van der Waals surface area (Å²) in [5.74, 6) is -1.51. The zero-order valence-corrected chi connectivity index (χ0v) is 10.5. The lowest BCUT2D eigenvalue weighted by Gasteiger charge is -2.13. The Balaban J connectivity index is 2.41. The van der Waals surface area contributed by atoms with Gasteiger partial charge in [0.1, 0.15) is 17.7 Å². The third-order valence-corrected chi connectivity index (χ3v) is 3.26. The molecule has 2 aromatic carbocycles. The van der Waals surface area contributed by atoms with E-state index in [9.17, 15) is 13.9 Å². The lowest BCUT2D eigenvalue weighted by atomic mass is 10.0. The fraction of sp³-hybridized carbons (Fsp3) is 0.0769. The van der Waals surface area contributed by atoms with E-state index in [1.807, 2.05) is 0 Å². The summed E-state index contributed by atoms with van der Waals surface area (Å²) in [6, 6.07) is 7.47. The molecule has 2 rings (SSSR count). The van der Waals surface area contributed by atoms with E-state index >= 15 is 0 Å². The van der Waals surface area contributed by atoms with Crippen molar-refractivity contribution in [3.05, 3.63) is 69.2 Å². The molecule has 0 aliphatic carbocycles. The van der Waals surface area contributed by atoms with Gasteiger partial charge in [0.25, 0.3) is 0 Å². The van der Waals surface area contributed by atoms with Gasteiger partial charge in [-0.15, -0.1) is 0 Å². The Hall–Kier alpha value is -1.16. The highest BCUT2D eigenvalue weighted by Gasteiger charge is 2.16. The molecule has 0 amide bonds. The molecule has 0 aliphatic heterocycles. The second-order valence-electron chi connectivity index (χ2n) is 3.74. The minimum atomic E-state index is -1.22. The summed E-state index contributed by atoms with van der Waals surface area (Å²) in [5.41, 5.74) is 0.365. The second-order valence-corrected chi connectivity index (χ2v) is 4.56. The molecule has 2 aromatic rings. The molecule has 18 heavy (non-hydrogen) atoms. The maximum atomic E-state index is 13.5. The van der Waals surface area contributed by atoms with Crippen LogP contribution in [0.5, 0.6) is 0 Å². The molecule has 0 aliphatic rings. The van der Waals surface area contributed by atoms with E-state index in [-0.39, 0.29) is 10.6 Å². The van der Waals surface area contributed by atoms with Crippen molar-refractivity contribution in [2.45, 2.75) is 6.10 Å². The van der Waals surface area contributed by atoms with Crippen LogP contribution in [0.4, 0.5) is 8.78 Å². The van der Waals surface area contributed by atoms with E-state index in [2.05, 4.69) is 0 Å². The molecule has 0 saturated heterocycles. The van der Waals surface area contributed by atoms with Gasteiger partial charge in [0, 0.05) is 11.6 Å². The van der Waals surface area contributed by atoms with E-state index in [1.54, 1.807) is 0 Å². The summed E-state index contributed by atoms with van der Waals surface area (Å²) >= 11 is 11.6. The highest BCUT2D eigenvalue weighted by Crippen LogP contribution is 2.29. The third kappa shape index (κ3) is 2.64. The average molecular weight is 289 g/mol. The van der Waals surface area contributed by atoms with Crippen molar-refractivity contribution < 1.29 is 13.9 Å². The Kier molecular flexibility index (Phi) is 3.85. The number of halogens is 4. The number of benzene rings is 2. The Morgan fingerprint density at radius 3 is 2.28 bits per heavy atom. The van der Waals surface area contributed by atoms with E-state index in [0.29, 0.717) is 10.6 Å². The summed E-state index contributed by atoms with van der Waals surface area (Å²) < 4.78 is 26.3. The lowest BCUT2D eigenvalue weighted by Crippen LogP contribution is -2.03. The Labute approximate surface area is 113 Å². The molecule has 0 fully saturated rings. The van der Waals surface area contributed by atoms with E-state index < -0.39 is 17.7 Å². The van der Waals surface area contributed by atoms with Gasteiger partial charge in [0.05, 0.1) is 10.0 Å². The molecule has 1 unspecified atom stereocenters. The van der Waals surface area contributed by atoms with Crippen molar-refractivity contribution >= 4 is 23.2 Å². The van der Waals surface area contributed by atoms with E-state index in [0.717, 1.165) is 12.1 Å². The highest BCUT2D eigenvalue weighted by atomic mass is 35.5. The Morgan fingerprint density at radius 2 is 1.67 bits per heavy atom. The molecule has 1 atom stereocenters. The summed E-state index contributed by atoms with van der Waals surface area (Å²) in [6.45, 7) is 0. The monoisotopic (exact) mass is 288 g/mol. The largest absolute Gasteiger partial charge is 0.384 e. The first-order valence-corrected chi connectivity index (χ1v) is 5.82. The van der Waals surface area contributed by atoms with Crippen LogP contribution < -0.4 is 0 Å². The highest BCUT2D eigenvalue weighted by molar-refractivity contribution is 6.42. The molecule has 0 saturated carbocycles. The maximum absolute atomic E-state index is 13.5. The topological polar surface area (TPSA) is 20.2 Å². The Morgan fingerprint density at radius 1 is 0.944 bits per heavy atom. The molecule has 5 heteroatoms. The van der Waals surface area contributed by atoms with Crippen molar-refractivity contribution in [3.8, 4) is 0 Å². The quantitative estimate of drug-likeness (QED) is 0.871. The fourth-order valence-corrected chi connectivity index (χ4v) is 1.89. The minimum absolute atomic E-state index is 0.0187. The zero-order chi connectivity index (χ0) is 13.3. The fourth-order valence-electron chi connectivity index (χ4n) is 1.59. The van der Waals surface area contributed by atoms with Gasteiger partial charge in [-0.25, -0.2) is 8.78 Å². The Bertz CT molecular complexity index is 587. The van der Waals surface area contributed by atoms with Gasteiger partial charge < -0.3 is 5.11 Å². The summed E-state index contributed by atoms with van der Waals surface area (Å²) in [7, 11) is 0. The molecule has 94 valence electrons. The summed E-state index contributed by atoms with van der Waals surface area (Å²) in [4.78, 5) is 0. The van der Waals surface area contributed by atoms with Crippen LogP contribution in [0.1, 0.15) is 17.2 Å². The lowest BCUT2D eigenvalue weighted by molar-refractivity contribution is 0.214. The van der Waals surface area contributed by atoms with Gasteiger partial charge in [0.2, 0.25) is 0 Å². The van der Waals surface area contributed by atoms with E-state index in [1.165, 1.54) is 24.3 Å². The predicted molar refractivity (Wildman–Crippen MR) is 66.9 cm³/mol. The van der Waals surface area contributed by atoms with Crippen LogP contribution in [-0.2, 0) is 0 Å². The molecular weight excluding hydrogens is 281 g/mol. The van der Waals surface area contributed by atoms with Crippen LogP contribution in [0.2, 0.25) is 10.0 Å². The first-order chi connectivity index (χ1) is 8.49. The molecular formula is C13H8Cl2F2O. The van der Waals surface area contributed by atoms with Crippen molar-refractivity contribution in [3.63, 3.8) is 0 Å².